The van der Waals surface area contributed by atoms with E-state index in [0.29, 0.717) is 50.1 Å². The molecule has 0 spiro atoms. The van der Waals surface area contributed by atoms with Gasteiger partial charge in [0, 0.05) is 28.2 Å². The fourth-order valence-corrected chi connectivity index (χ4v) is 3.56. The number of anilines is 1. The van der Waals surface area contributed by atoms with Crippen LogP contribution in [0.3, 0.4) is 0 Å². The molecule has 0 aliphatic carbocycles. The highest BCUT2D eigenvalue weighted by Gasteiger charge is 2.20. The molecule has 0 bridgehead atoms. The second-order valence-corrected chi connectivity index (χ2v) is 7.55. The van der Waals surface area contributed by atoms with Crippen LogP contribution >= 0.6 is 23.1 Å². The van der Waals surface area contributed by atoms with Gasteiger partial charge in [-0.05, 0) is 43.3 Å². The summed E-state index contributed by atoms with van der Waals surface area (Å²) in [5.74, 6) is 1.33. The Bertz CT molecular complexity index is 1240. The highest BCUT2D eigenvalue weighted by Crippen LogP contribution is 2.30. The zero-order valence-electron chi connectivity index (χ0n) is 16.8. The van der Waals surface area contributed by atoms with Crippen molar-refractivity contribution in [1.82, 2.24) is 24.4 Å². The molecule has 0 saturated heterocycles. The second-order valence-electron chi connectivity index (χ2n) is 6.36. The monoisotopic (exact) mass is 456 g/mol. The number of amides is 1. The van der Waals surface area contributed by atoms with Crippen molar-refractivity contribution >= 4 is 34.2 Å². The van der Waals surface area contributed by atoms with Gasteiger partial charge < -0.3 is 9.47 Å². The Kier molecular flexibility index (Phi) is 5.83. The van der Waals surface area contributed by atoms with Crippen molar-refractivity contribution < 1.29 is 14.3 Å². The summed E-state index contributed by atoms with van der Waals surface area (Å²) in [6.45, 7) is 1.85. The smallest absolute Gasteiger partial charge is 0.257 e. The van der Waals surface area contributed by atoms with E-state index < -0.39 is 0 Å². The summed E-state index contributed by atoms with van der Waals surface area (Å²) < 4.78 is 16.7. The van der Waals surface area contributed by atoms with Gasteiger partial charge in [0.15, 0.2) is 11.5 Å². The maximum atomic E-state index is 12.4. The Morgan fingerprint density at radius 1 is 1.13 bits per heavy atom. The fourth-order valence-electron chi connectivity index (χ4n) is 2.87. The van der Waals surface area contributed by atoms with Crippen molar-refractivity contribution in [2.75, 3.05) is 19.5 Å². The van der Waals surface area contributed by atoms with E-state index in [1.165, 1.54) is 0 Å². The molecule has 1 N–H and O–H groups in total. The topological polar surface area (TPSA) is 104 Å². The van der Waals surface area contributed by atoms with Gasteiger partial charge in [0.25, 0.3) is 5.91 Å². The van der Waals surface area contributed by atoms with Crippen LogP contribution in [0.15, 0.2) is 42.5 Å². The number of nitrogens with zero attached hydrogens (tertiary/aromatic N) is 5. The molecular weight excluding hydrogens is 440 g/mol. The van der Waals surface area contributed by atoms with Crippen molar-refractivity contribution in [2.24, 2.45) is 0 Å². The first-order valence-electron chi connectivity index (χ1n) is 9.06. The van der Waals surface area contributed by atoms with Gasteiger partial charge in [-0.2, -0.15) is 9.36 Å². The lowest BCUT2D eigenvalue weighted by atomic mass is 10.2. The molecular formula is C20H17ClN6O3S. The molecule has 0 aliphatic heterocycles. The number of carbonyl (C=O) groups is 1. The molecule has 2 aromatic carbocycles. The standard InChI is InChI=1S/C20H17ClN6O3S/c1-11-17(24-26-27(11)15-10-14(29-2)8-9-16(15)30-3)18-22-20(31-25-18)23-19(28)12-4-6-13(21)7-5-12/h4-10H,1-3H3,(H,22,23,25,28). The summed E-state index contributed by atoms with van der Waals surface area (Å²) in [4.78, 5) is 16.8. The van der Waals surface area contributed by atoms with E-state index in [1.807, 2.05) is 6.92 Å². The second kappa shape index (κ2) is 8.70. The number of rotatable bonds is 6. The van der Waals surface area contributed by atoms with Crippen LogP contribution in [-0.4, -0.2) is 44.5 Å². The number of carbonyl (C=O) groups excluding carboxylic acids is 1. The Morgan fingerprint density at radius 2 is 1.90 bits per heavy atom. The number of ether oxygens (including phenoxy) is 2. The number of benzene rings is 2. The summed E-state index contributed by atoms with van der Waals surface area (Å²) >= 11 is 6.92. The lowest BCUT2D eigenvalue weighted by molar-refractivity contribution is 0.102. The van der Waals surface area contributed by atoms with Crippen LogP contribution in [0, 0.1) is 6.92 Å². The maximum Gasteiger partial charge on any atom is 0.257 e. The van der Waals surface area contributed by atoms with Gasteiger partial charge in [-0.3, -0.25) is 10.1 Å². The summed E-state index contributed by atoms with van der Waals surface area (Å²) in [6, 6.07) is 12.0. The molecule has 31 heavy (non-hydrogen) atoms. The van der Waals surface area contributed by atoms with Crippen molar-refractivity contribution in [3.63, 3.8) is 0 Å². The van der Waals surface area contributed by atoms with E-state index in [0.717, 1.165) is 11.5 Å². The average molecular weight is 457 g/mol. The number of halogens is 1. The quantitative estimate of drug-likeness (QED) is 0.467. The highest BCUT2D eigenvalue weighted by molar-refractivity contribution is 7.10. The van der Waals surface area contributed by atoms with E-state index >= 15 is 0 Å². The summed E-state index contributed by atoms with van der Waals surface area (Å²) in [7, 11) is 3.17. The van der Waals surface area contributed by atoms with Crippen LogP contribution in [0.1, 0.15) is 16.1 Å². The maximum absolute atomic E-state index is 12.4. The minimum atomic E-state index is -0.305. The van der Waals surface area contributed by atoms with E-state index in [4.69, 9.17) is 21.1 Å². The Labute approximate surface area is 186 Å². The lowest BCUT2D eigenvalue weighted by Crippen LogP contribution is -2.11. The summed E-state index contributed by atoms with van der Waals surface area (Å²) in [5, 5.41) is 12.1. The normalized spacial score (nSPS) is 10.7. The molecule has 0 aliphatic rings. The Hall–Kier alpha value is -3.50. The lowest BCUT2D eigenvalue weighted by Gasteiger charge is -2.11. The molecule has 0 unspecified atom stereocenters. The third kappa shape index (κ3) is 4.21. The summed E-state index contributed by atoms with van der Waals surface area (Å²) in [6.07, 6.45) is 0. The molecule has 158 valence electrons. The van der Waals surface area contributed by atoms with Crippen molar-refractivity contribution in [2.45, 2.75) is 6.92 Å². The summed E-state index contributed by atoms with van der Waals surface area (Å²) in [5.41, 5.74) is 2.34. The first kappa shape index (κ1) is 20.8. The van der Waals surface area contributed by atoms with Crippen LogP contribution in [-0.2, 0) is 0 Å². The molecule has 4 aromatic rings. The molecule has 0 atom stereocenters. The van der Waals surface area contributed by atoms with E-state index in [-0.39, 0.29) is 5.91 Å². The fraction of sp³-hybridized carbons (Fsp3) is 0.150. The van der Waals surface area contributed by atoms with Crippen molar-refractivity contribution in [1.29, 1.82) is 0 Å². The van der Waals surface area contributed by atoms with Crippen LogP contribution in [0.4, 0.5) is 5.13 Å². The molecule has 0 radical (unpaired) electrons. The number of hydrogen-bond acceptors (Lipinski definition) is 8. The Balaban J connectivity index is 1.60. The zero-order chi connectivity index (χ0) is 22.0. The third-order valence-corrected chi connectivity index (χ3v) is 5.36. The van der Waals surface area contributed by atoms with Gasteiger partial charge in [-0.15, -0.1) is 5.10 Å². The predicted molar refractivity (Wildman–Crippen MR) is 118 cm³/mol. The minimum absolute atomic E-state index is 0.305. The molecule has 9 nitrogen and oxygen atoms in total. The molecule has 2 heterocycles. The van der Waals surface area contributed by atoms with E-state index in [2.05, 4.69) is 25.0 Å². The third-order valence-electron chi connectivity index (χ3n) is 4.47. The van der Waals surface area contributed by atoms with E-state index in [1.54, 1.807) is 61.4 Å². The SMILES string of the molecule is COc1ccc(OC)c(-n2nnc(-c3nsc(NC(=O)c4ccc(Cl)cc4)n3)c2C)c1. The van der Waals surface area contributed by atoms with Crippen LogP contribution in [0.5, 0.6) is 11.5 Å². The predicted octanol–water partition coefficient (Wildman–Crippen LogP) is 4.02. The van der Waals surface area contributed by atoms with Gasteiger partial charge in [-0.1, -0.05) is 16.8 Å². The number of methoxy groups -OCH3 is 2. The van der Waals surface area contributed by atoms with Gasteiger partial charge in [0.05, 0.1) is 19.9 Å². The number of aromatic nitrogens is 5. The van der Waals surface area contributed by atoms with Crippen LogP contribution in [0.2, 0.25) is 5.02 Å². The zero-order valence-corrected chi connectivity index (χ0v) is 18.4. The van der Waals surface area contributed by atoms with Crippen LogP contribution in [0.25, 0.3) is 17.2 Å². The molecule has 11 heteroatoms. The molecule has 4 rings (SSSR count). The van der Waals surface area contributed by atoms with Gasteiger partial charge in [0.2, 0.25) is 5.13 Å². The largest absolute Gasteiger partial charge is 0.497 e. The van der Waals surface area contributed by atoms with Crippen LogP contribution < -0.4 is 14.8 Å². The first-order chi connectivity index (χ1) is 15.0. The average Bonchev–Trinajstić information content (AvgIpc) is 3.39. The van der Waals surface area contributed by atoms with Gasteiger partial charge in [0.1, 0.15) is 17.2 Å². The first-order valence-corrected chi connectivity index (χ1v) is 10.2. The minimum Gasteiger partial charge on any atom is -0.497 e. The molecule has 0 saturated carbocycles. The van der Waals surface area contributed by atoms with Crippen molar-refractivity contribution in [3.05, 3.63) is 58.7 Å². The van der Waals surface area contributed by atoms with Gasteiger partial charge in [-0.25, -0.2) is 4.68 Å². The molecule has 2 aromatic heterocycles. The number of nitrogens with one attached hydrogen (secondary N) is 1. The van der Waals surface area contributed by atoms with E-state index in [9.17, 15) is 4.79 Å². The Morgan fingerprint density at radius 3 is 2.61 bits per heavy atom. The number of hydrogen-bond donors (Lipinski definition) is 1. The molecule has 1 amide bonds. The highest BCUT2D eigenvalue weighted by atomic mass is 35.5. The van der Waals surface area contributed by atoms with Crippen molar-refractivity contribution in [3.8, 4) is 28.7 Å². The van der Waals surface area contributed by atoms with Gasteiger partial charge >= 0.3 is 0 Å². The molecule has 0 fully saturated rings.